The fraction of sp³-hybridized carbons (Fsp3) is 0.562. The number of halogens is 1. The van der Waals surface area contributed by atoms with E-state index in [4.69, 9.17) is 11.6 Å². The summed E-state index contributed by atoms with van der Waals surface area (Å²) in [5.74, 6) is 0.613. The lowest BCUT2D eigenvalue weighted by molar-refractivity contribution is -0.132. The van der Waals surface area contributed by atoms with Crippen molar-refractivity contribution in [2.45, 2.75) is 39.0 Å². The Balaban J connectivity index is 2.03. The molecule has 1 heterocycles. The number of alkyl halides is 1. The van der Waals surface area contributed by atoms with Crippen molar-refractivity contribution >= 4 is 17.5 Å². The first kappa shape index (κ1) is 14.4. The smallest absolute Gasteiger partial charge is 0.227 e. The zero-order valence-electron chi connectivity index (χ0n) is 11.9. The topological polar surface area (TPSA) is 20.3 Å². The maximum absolute atomic E-state index is 12.4. The van der Waals surface area contributed by atoms with Gasteiger partial charge in [0.1, 0.15) is 0 Å². The minimum Gasteiger partial charge on any atom is -0.342 e. The van der Waals surface area contributed by atoms with Gasteiger partial charge in [-0.25, -0.2) is 0 Å². The van der Waals surface area contributed by atoms with E-state index in [9.17, 15) is 4.79 Å². The molecule has 0 spiro atoms. The van der Waals surface area contributed by atoms with Crippen LogP contribution in [0.2, 0.25) is 0 Å². The number of hydrogen-bond donors (Lipinski definition) is 0. The molecule has 0 saturated carbocycles. The van der Waals surface area contributed by atoms with Crippen LogP contribution in [-0.4, -0.2) is 29.3 Å². The summed E-state index contributed by atoms with van der Waals surface area (Å²) in [6.07, 6.45) is 1.41. The van der Waals surface area contributed by atoms with Crippen LogP contribution in [0.15, 0.2) is 18.2 Å². The van der Waals surface area contributed by atoms with Crippen LogP contribution < -0.4 is 0 Å². The summed E-state index contributed by atoms with van der Waals surface area (Å²) in [7, 11) is 0. The van der Waals surface area contributed by atoms with Crippen LogP contribution in [0.5, 0.6) is 0 Å². The van der Waals surface area contributed by atoms with Crippen LogP contribution in [0.3, 0.4) is 0 Å². The summed E-state index contributed by atoms with van der Waals surface area (Å²) in [5.41, 5.74) is 3.55. The molecule has 1 amide bonds. The van der Waals surface area contributed by atoms with Gasteiger partial charge in [0.15, 0.2) is 0 Å². The lowest BCUT2D eigenvalue weighted by atomic mass is 9.98. The Labute approximate surface area is 120 Å². The Morgan fingerprint density at radius 3 is 2.84 bits per heavy atom. The third-order valence-electron chi connectivity index (χ3n) is 4.00. The number of rotatable bonds is 2. The van der Waals surface area contributed by atoms with Crippen molar-refractivity contribution in [2.75, 3.05) is 13.1 Å². The molecule has 0 aromatic heterocycles. The number of benzene rings is 1. The third kappa shape index (κ3) is 3.50. The molecule has 1 aliphatic heterocycles. The number of piperidine rings is 1. The Bertz CT molecular complexity index is 472. The number of nitrogens with zero attached hydrogens (tertiary/aromatic N) is 1. The van der Waals surface area contributed by atoms with Gasteiger partial charge in [-0.1, -0.05) is 30.7 Å². The van der Waals surface area contributed by atoms with E-state index in [0.717, 1.165) is 25.1 Å². The summed E-state index contributed by atoms with van der Waals surface area (Å²) in [5, 5.41) is 0.213. The standard InChI is InChI=1S/C16H22ClNO/c1-11-4-5-12(2)14(8-11)9-16(19)18-7-6-15(17)13(3)10-18/h4-5,8,13,15H,6-7,9-10H2,1-3H3. The average molecular weight is 280 g/mol. The second-order valence-corrected chi connectivity index (χ2v) is 6.29. The van der Waals surface area contributed by atoms with Gasteiger partial charge in [-0.15, -0.1) is 11.6 Å². The van der Waals surface area contributed by atoms with Gasteiger partial charge >= 0.3 is 0 Å². The van der Waals surface area contributed by atoms with E-state index in [-0.39, 0.29) is 11.3 Å². The van der Waals surface area contributed by atoms with Crippen molar-refractivity contribution in [1.29, 1.82) is 0 Å². The minimum atomic E-state index is 0.213. The van der Waals surface area contributed by atoms with Crippen molar-refractivity contribution in [1.82, 2.24) is 4.90 Å². The minimum absolute atomic E-state index is 0.213. The van der Waals surface area contributed by atoms with Gasteiger partial charge in [-0.05, 0) is 37.3 Å². The highest BCUT2D eigenvalue weighted by atomic mass is 35.5. The number of aryl methyl sites for hydroxylation is 2. The summed E-state index contributed by atoms with van der Waals surface area (Å²) < 4.78 is 0. The predicted octanol–water partition coefficient (Wildman–Crippen LogP) is 3.32. The zero-order chi connectivity index (χ0) is 14.0. The van der Waals surface area contributed by atoms with Crippen LogP contribution in [0.4, 0.5) is 0 Å². The Morgan fingerprint density at radius 2 is 2.16 bits per heavy atom. The maximum Gasteiger partial charge on any atom is 0.227 e. The van der Waals surface area contributed by atoms with Crippen molar-refractivity contribution in [3.63, 3.8) is 0 Å². The van der Waals surface area contributed by atoms with Crippen LogP contribution >= 0.6 is 11.6 Å². The molecular weight excluding hydrogens is 258 g/mol. The van der Waals surface area contributed by atoms with Gasteiger partial charge in [0.25, 0.3) is 0 Å². The van der Waals surface area contributed by atoms with Crippen molar-refractivity contribution < 1.29 is 4.79 Å². The summed E-state index contributed by atoms with van der Waals surface area (Å²) in [6.45, 7) is 7.83. The zero-order valence-corrected chi connectivity index (χ0v) is 12.7. The van der Waals surface area contributed by atoms with Crippen LogP contribution in [0.25, 0.3) is 0 Å². The summed E-state index contributed by atoms with van der Waals surface area (Å²) in [4.78, 5) is 14.3. The highest BCUT2D eigenvalue weighted by Crippen LogP contribution is 2.22. The summed E-state index contributed by atoms with van der Waals surface area (Å²) in [6, 6.07) is 6.29. The van der Waals surface area contributed by atoms with Gasteiger partial charge in [0, 0.05) is 18.5 Å². The monoisotopic (exact) mass is 279 g/mol. The molecule has 1 saturated heterocycles. The second kappa shape index (κ2) is 5.96. The first-order valence-corrected chi connectivity index (χ1v) is 7.39. The largest absolute Gasteiger partial charge is 0.342 e. The molecule has 2 atom stereocenters. The van der Waals surface area contributed by atoms with Gasteiger partial charge in [-0.2, -0.15) is 0 Å². The second-order valence-electron chi connectivity index (χ2n) is 5.73. The van der Waals surface area contributed by atoms with E-state index >= 15 is 0 Å². The SMILES string of the molecule is Cc1ccc(C)c(CC(=O)N2CCC(Cl)C(C)C2)c1. The molecule has 1 aliphatic rings. The van der Waals surface area contributed by atoms with Crippen LogP contribution in [0, 0.1) is 19.8 Å². The molecule has 1 fully saturated rings. The molecular formula is C16H22ClNO. The predicted molar refractivity (Wildman–Crippen MR) is 79.6 cm³/mol. The van der Waals surface area contributed by atoms with Crippen LogP contribution in [-0.2, 0) is 11.2 Å². The Hall–Kier alpha value is -1.02. The summed E-state index contributed by atoms with van der Waals surface area (Å²) >= 11 is 6.21. The van der Waals surface area contributed by atoms with E-state index in [1.54, 1.807) is 0 Å². The third-order valence-corrected chi connectivity index (χ3v) is 4.65. The molecule has 1 aromatic rings. The highest BCUT2D eigenvalue weighted by molar-refractivity contribution is 6.20. The molecule has 2 nitrogen and oxygen atoms in total. The fourth-order valence-electron chi connectivity index (χ4n) is 2.61. The van der Waals surface area contributed by atoms with E-state index < -0.39 is 0 Å². The molecule has 104 valence electrons. The van der Waals surface area contributed by atoms with Crippen molar-refractivity contribution in [3.8, 4) is 0 Å². The first-order chi connectivity index (χ1) is 8.97. The van der Waals surface area contributed by atoms with Gasteiger partial charge in [0.05, 0.1) is 6.42 Å². The Morgan fingerprint density at radius 1 is 1.42 bits per heavy atom. The number of carbonyl (C=O) groups excluding carboxylic acids is 1. The number of amides is 1. The number of likely N-dealkylation sites (tertiary alicyclic amines) is 1. The first-order valence-electron chi connectivity index (χ1n) is 6.95. The molecule has 0 bridgehead atoms. The highest BCUT2D eigenvalue weighted by Gasteiger charge is 2.27. The molecule has 1 aromatic carbocycles. The molecule has 0 radical (unpaired) electrons. The maximum atomic E-state index is 12.4. The average Bonchev–Trinajstić information content (AvgIpc) is 2.37. The quantitative estimate of drug-likeness (QED) is 0.761. The van der Waals surface area contributed by atoms with Crippen molar-refractivity contribution in [3.05, 3.63) is 34.9 Å². The van der Waals surface area contributed by atoms with Crippen molar-refractivity contribution in [2.24, 2.45) is 5.92 Å². The van der Waals surface area contributed by atoms with E-state index in [2.05, 4.69) is 39.0 Å². The number of carbonyl (C=O) groups is 1. The van der Waals surface area contributed by atoms with E-state index in [0.29, 0.717) is 12.3 Å². The van der Waals surface area contributed by atoms with Gasteiger partial charge in [0.2, 0.25) is 5.91 Å². The molecule has 0 N–H and O–H groups in total. The number of hydrogen-bond acceptors (Lipinski definition) is 1. The fourth-order valence-corrected chi connectivity index (χ4v) is 2.79. The molecule has 19 heavy (non-hydrogen) atoms. The van der Waals surface area contributed by atoms with Gasteiger partial charge in [-0.3, -0.25) is 4.79 Å². The molecule has 2 rings (SSSR count). The molecule has 3 heteroatoms. The lowest BCUT2D eigenvalue weighted by Gasteiger charge is -2.34. The van der Waals surface area contributed by atoms with Gasteiger partial charge < -0.3 is 4.90 Å². The normalized spacial score (nSPS) is 23.5. The Kier molecular flexibility index (Phi) is 4.51. The molecule has 0 aliphatic carbocycles. The van der Waals surface area contributed by atoms with E-state index in [1.165, 1.54) is 11.1 Å². The molecule has 2 unspecified atom stereocenters. The van der Waals surface area contributed by atoms with E-state index in [1.807, 2.05) is 4.90 Å². The lowest BCUT2D eigenvalue weighted by Crippen LogP contribution is -2.44. The van der Waals surface area contributed by atoms with Crippen LogP contribution in [0.1, 0.15) is 30.0 Å².